The molecule has 1 atom stereocenters. The molecular weight excluding hydrogens is 238 g/mol. The summed E-state index contributed by atoms with van der Waals surface area (Å²) in [4.78, 5) is 20.1. The lowest BCUT2D eigenvalue weighted by atomic mass is 10.1. The molecule has 1 aromatic rings. The molecule has 7 heteroatoms. The monoisotopic (exact) mass is 245 g/mol. The van der Waals surface area contributed by atoms with Crippen molar-refractivity contribution in [2.75, 3.05) is 0 Å². The van der Waals surface area contributed by atoms with E-state index in [0.717, 1.165) is 6.07 Å². The molecule has 0 bridgehead atoms. The average molecular weight is 246 g/mol. The Morgan fingerprint density at radius 1 is 1.56 bits per heavy atom. The van der Waals surface area contributed by atoms with E-state index in [1.54, 1.807) is 0 Å². The lowest BCUT2D eigenvalue weighted by molar-refractivity contribution is -0.384. The van der Waals surface area contributed by atoms with Crippen LogP contribution in [0.25, 0.3) is 0 Å². The molecule has 0 saturated carbocycles. The molecule has 0 spiro atoms. The van der Waals surface area contributed by atoms with Crippen LogP contribution in [0.3, 0.4) is 0 Å². The predicted octanol–water partition coefficient (Wildman–Crippen LogP) is 1.76. The van der Waals surface area contributed by atoms with Gasteiger partial charge in [0, 0.05) is 6.07 Å². The first kappa shape index (κ1) is 12.4. The molecule has 0 fully saturated rings. The number of aliphatic carboxylic acids is 1. The largest absolute Gasteiger partial charge is 0.481 e. The zero-order chi connectivity index (χ0) is 12.3. The molecular formula is C9H8ClNO5. The predicted molar refractivity (Wildman–Crippen MR) is 55.3 cm³/mol. The standard InChI is InChI=1S/C9H8ClNO5/c10-6-3-5(8(12)4-9(13)14)1-2-7(6)11(15)16/h1-3,8,12H,4H2,(H,13,14)/t8-/m1/s1. The Bertz CT molecular complexity index is 434. The molecule has 0 aliphatic carbocycles. The number of nitrogens with zero attached hydrogens (tertiary/aromatic N) is 1. The molecule has 0 radical (unpaired) electrons. The van der Waals surface area contributed by atoms with Crippen molar-refractivity contribution in [1.29, 1.82) is 0 Å². The number of aliphatic hydroxyl groups excluding tert-OH is 1. The molecule has 0 saturated heterocycles. The number of rotatable bonds is 4. The second kappa shape index (κ2) is 4.91. The number of carbonyl (C=O) groups is 1. The van der Waals surface area contributed by atoms with Crippen molar-refractivity contribution in [1.82, 2.24) is 0 Å². The van der Waals surface area contributed by atoms with Crippen molar-refractivity contribution >= 4 is 23.3 Å². The van der Waals surface area contributed by atoms with Crippen LogP contribution in [-0.4, -0.2) is 21.1 Å². The van der Waals surface area contributed by atoms with Crippen LogP contribution in [0.5, 0.6) is 0 Å². The molecule has 0 amide bonds. The van der Waals surface area contributed by atoms with E-state index in [1.807, 2.05) is 0 Å². The zero-order valence-electron chi connectivity index (χ0n) is 7.96. The summed E-state index contributed by atoms with van der Waals surface area (Å²) in [6, 6.07) is 3.59. The van der Waals surface area contributed by atoms with E-state index in [4.69, 9.17) is 16.7 Å². The van der Waals surface area contributed by atoms with Crippen molar-refractivity contribution < 1.29 is 19.9 Å². The first-order valence-electron chi connectivity index (χ1n) is 4.25. The number of nitro groups is 1. The Morgan fingerprint density at radius 3 is 2.62 bits per heavy atom. The van der Waals surface area contributed by atoms with E-state index in [2.05, 4.69) is 0 Å². The van der Waals surface area contributed by atoms with Crippen LogP contribution in [0.2, 0.25) is 5.02 Å². The van der Waals surface area contributed by atoms with Crippen LogP contribution in [0.4, 0.5) is 5.69 Å². The number of benzene rings is 1. The van der Waals surface area contributed by atoms with E-state index in [9.17, 15) is 20.0 Å². The summed E-state index contributed by atoms with van der Waals surface area (Å²) in [5.41, 5.74) is -0.0501. The molecule has 0 heterocycles. The lowest BCUT2D eigenvalue weighted by Crippen LogP contribution is -2.05. The van der Waals surface area contributed by atoms with Crippen LogP contribution in [0.15, 0.2) is 18.2 Å². The van der Waals surface area contributed by atoms with Gasteiger partial charge in [0.1, 0.15) is 5.02 Å². The van der Waals surface area contributed by atoms with Gasteiger partial charge in [-0.2, -0.15) is 0 Å². The summed E-state index contributed by atoms with van der Waals surface area (Å²) < 4.78 is 0. The number of aliphatic hydroxyl groups is 1. The molecule has 0 unspecified atom stereocenters. The molecule has 2 N–H and O–H groups in total. The van der Waals surface area contributed by atoms with Gasteiger partial charge in [-0.15, -0.1) is 0 Å². The van der Waals surface area contributed by atoms with Crippen LogP contribution in [0, 0.1) is 10.1 Å². The van der Waals surface area contributed by atoms with Gasteiger partial charge in [-0.1, -0.05) is 11.6 Å². The highest BCUT2D eigenvalue weighted by Gasteiger charge is 2.17. The van der Waals surface area contributed by atoms with E-state index >= 15 is 0 Å². The minimum absolute atomic E-state index is 0.132. The minimum atomic E-state index is -1.23. The zero-order valence-corrected chi connectivity index (χ0v) is 8.72. The maximum atomic E-state index is 10.4. The van der Waals surface area contributed by atoms with Crippen molar-refractivity contribution in [3.63, 3.8) is 0 Å². The van der Waals surface area contributed by atoms with Crippen molar-refractivity contribution in [2.24, 2.45) is 0 Å². The molecule has 1 aromatic carbocycles. The Hall–Kier alpha value is -1.66. The summed E-state index contributed by atoms with van der Waals surface area (Å²) in [6.07, 6.45) is -1.70. The van der Waals surface area contributed by atoms with Crippen LogP contribution in [-0.2, 0) is 4.79 Å². The fraction of sp³-hybridized carbons (Fsp3) is 0.222. The molecule has 0 aliphatic heterocycles. The maximum Gasteiger partial charge on any atom is 0.306 e. The van der Waals surface area contributed by atoms with Gasteiger partial charge in [0.05, 0.1) is 17.4 Å². The number of carboxylic acid groups (broad SMARTS) is 1. The van der Waals surface area contributed by atoms with Gasteiger partial charge >= 0.3 is 5.97 Å². The molecule has 1 rings (SSSR count). The van der Waals surface area contributed by atoms with E-state index < -0.39 is 23.4 Å². The molecule has 6 nitrogen and oxygen atoms in total. The fourth-order valence-electron chi connectivity index (χ4n) is 1.16. The number of nitro benzene ring substituents is 1. The number of carboxylic acids is 1. The summed E-state index contributed by atoms with van der Waals surface area (Å²) in [6.45, 7) is 0. The summed E-state index contributed by atoms with van der Waals surface area (Å²) >= 11 is 5.60. The highest BCUT2D eigenvalue weighted by atomic mass is 35.5. The topological polar surface area (TPSA) is 101 Å². The third kappa shape index (κ3) is 2.91. The smallest absolute Gasteiger partial charge is 0.306 e. The van der Waals surface area contributed by atoms with Crippen molar-refractivity contribution in [3.8, 4) is 0 Å². The van der Waals surface area contributed by atoms with Gasteiger partial charge in [0.2, 0.25) is 0 Å². The number of hydrogen-bond acceptors (Lipinski definition) is 4. The Balaban J connectivity index is 2.96. The average Bonchev–Trinajstić information content (AvgIpc) is 2.15. The van der Waals surface area contributed by atoms with Gasteiger partial charge < -0.3 is 10.2 Å². The Labute approximate surface area is 95.2 Å². The normalized spacial score (nSPS) is 12.1. The summed E-state index contributed by atoms with van der Waals surface area (Å²) in [7, 11) is 0. The van der Waals surface area contributed by atoms with E-state index in [-0.39, 0.29) is 16.3 Å². The van der Waals surface area contributed by atoms with Gasteiger partial charge in [0.15, 0.2) is 0 Å². The third-order valence-electron chi connectivity index (χ3n) is 1.92. The quantitative estimate of drug-likeness (QED) is 0.622. The lowest BCUT2D eigenvalue weighted by Gasteiger charge is -2.08. The summed E-state index contributed by atoms with van der Waals surface area (Å²) in [5.74, 6) is -1.16. The van der Waals surface area contributed by atoms with Crippen LogP contribution in [0.1, 0.15) is 18.1 Å². The molecule has 0 aliphatic rings. The highest BCUT2D eigenvalue weighted by Crippen LogP contribution is 2.28. The highest BCUT2D eigenvalue weighted by molar-refractivity contribution is 6.32. The maximum absolute atomic E-state index is 10.4. The van der Waals surface area contributed by atoms with Crippen LogP contribution < -0.4 is 0 Å². The Morgan fingerprint density at radius 2 is 2.19 bits per heavy atom. The van der Waals surface area contributed by atoms with Crippen molar-refractivity contribution in [2.45, 2.75) is 12.5 Å². The van der Waals surface area contributed by atoms with E-state index in [1.165, 1.54) is 12.1 Å². The SMILES string of the molecule is O=C(O)C[C@@H](O)c1ccc([N+](=O)[O-])c(Cl)c1. The molecule has 16 heavy (non-hydrogen) atoms. The second-order valence-corrected chi connectivity index (χ2v) is 3.49. The van der Waals surface area contributed by atoms with Gasteiger partial charge in [-0.25, -0.2) is 0 Å². The number of hydrogen-bond donors (Lipinski definition) is 2. The fourth-order valence-corrected chi connectivity index (χ4v) is 1.42. The minimum Gasteiger partial charge on any atom is -0.481 e. The Kier molecular flexibility index (Phi) is 3.81. The van der Waals surface area contributed by atoms with Gasteiger partial charge in [-0.3, -0.25) is 14.9 Å². The molecule has 0 aromatic heterocycles. The summed E-state index contributed by atoms with van der Waals surface area (Å²) in [5, 5.41) is 28.2. The van der Waals surface area contributed by atoms with E-state index in [0.29, 0.717) is 0 Å². The number of halogens is 1. The first-order valence-corrected chi connectivity index (χ1v) is 4.63. The van der Waals surface area contributed by atoms with Gasteiger partial charge in [0.25, 0.3) is 5.69 Å². The first-order chi connectivity index (χ1) is 7.41. The molecule has 86 valence electrons. The van der Waals surface area contributed by atoms with Crippen LogP contribution >= 0.6 is 11.6 Å². The second-order valence-electron chi connectivity index (χ2n) is 3.08. The van der Waals surface area contributed by atoms with Crippen molar-refractivity contribution in [3.05, 3.63) is 38.9 Å². The third-order valence-corrected chi connectivity index (χ3v) is 2.22. The van der Waals surface area contributed by atoms with Gasteiger partial charge in [-0.05, 0) is 17.7 Å².